The van der Waals surface area contributed by atoms with E-state index < -0.39 is 0 Å². The summed E-state index contributed by atoms with van der Waals surface area (Å²) in [6, 6.07) is 16.4. The molecule has 1 heterocycles. The number of fused-ring (bicyclic) bond motifs is 1. The van der Waals surface area contributed by atoms with Crippen LogP contribution in [0.5, 0.6) is 5.75 Å². The monoisotopic (exact) mass is 333 g/mol. The summed E-state index contributed by atoms with van der Waals surface area (Å²) >= 11 is 5.33. The molecule has 0 aliphatic carbocycles. The van der Waals surface area contributed by atoms with Crippen molar-refractivity contribution in [3.05, 3.63) is 53.1 Å². The van der Waals surface area contributed by atoms with Crippen LogP contribution in [0.2, 0.25) is 0 Å². The zero-order valence-corrected chi connectivity index (χ0v) is 12.7. The minimum Gasteiger partial charge on any atom is -0.497 e. The van der Waals surface area contributed by atoms with Gasteiger partial charge in [0.25, 0.3) is 0 Å². The predicted molar refractivity (Wildman–Crippen MR) is 83.1 cm³/mol. The molecule has 2 nitrogen and oxygen atoms in total. The molecule has 0 spiro atoms. The molecule has 2 aromatic carbocycles. The van der Waals surface area contributed by atoms with Crippen molar-refractivity contribution in [2.24, 2.45) is 0 Å². The lowest BCUT2D eigenvalue weighted by atomic mass is 10.2. The molecule has 0 amide bonds. The Kier molecular flexibility index (Phi) is 3.53. The third-order valence-corrected chi connectivity index (χ3v) is 4.87. The Morgan fingerprint density at radius 1 is 1.11 bits per heavy atom. The van der Waals surface area contributed by atoms with E-state index in [1.54, 1.807) is 18.9 Å². The van der Waals surface area contributed by atoms with Gasteiger partial charge in [0.15, 0.2) is 0 Å². The Morgan fingerprint density at radius 2 is 1.89 bits per heavy atom. The normalized spacial score (nSPS) is 10.8. The standard InChI is InChI=1S/C15H12BrNOS/c1-18-10-7-8-13-12(9-10)14(15(16)17-13)19-11-5-3-2-4-6-11/h2-9,17H,1H3. The minimum atomic E-state index is 0.869. The second-order valence-electron chi connectivity index (χ2n) is 4.09. The molecular formula is C15H12BrNOS. The topological polar surface area (TPSA) is 25.0 Å². The Balaban J connectivity index is 2.09. The zero-order valence-electron chi connectivity index (χ0n) is 10.3. The van der Waals surface area contributed by atoms with Gasteiger partial charge in [-0.15, -0.1) is 0 Å². The number of aromatic amines is 1. The van der Waals surface area contributed by atoms with Gasteiger partial charge < -0.3 is 9.72 Å². The number of hydrogen-bond donors (Lipinski definition) is 1. The average molecular weight is 334 g/mol. The van der Waals surface area contributed by atoms with Gasteiger partial charge in [0.05, 0.1) is 16.6 Å². The van der Waals surface area contributed by atoms with Gasteiger partial charge in [-0.3, -0.25) is 0 Å². The molecule has 3 aromatic rings. The summed E-state index contributed by atoms with van der Waals surface area (Å²) in [5.74, 6) is 0.869. The van der Waals surface area contributed by atoms with Crippen molar-refractivity contribution in [1.82, 2.24) is 4.98 Å². The van der Waals surface area contributed by atoms with E-state index in [4.69, 9.17) is 4.74 Å². The molecule has 1 N–H and O–H groups in total. The van der Waals surface area contributed by atoms with Gasteiger partial charge in [0.1, 0.15) is 5.75 Å². The highest BCUT2D eigenvalue weighted by Gasteiger charge is 2.11. The number of ether oxygens (including phenoxy) is 1. The number of halogens is 1. The van der Waals surface area contributed by atoms with Crippen molar-refractivity contribution in [2.45, 2.75) is 9.79 Å². The molecule has 0 atom stereocenters. The summed E-state index contributed by atoms with van der Waals surface area (Å²) in [6.45, 7) is 0. The summed E-state index contributed by atoms with van der Waals surface area (Å²) in [5.41, 5.74) is 1.10. The van der Waals surface area contributed by atoms with E-state index >= 15 is 0 Å². The zero-order chi connectivity index (χ0) is 13.2. The Bertz CT molecular complexity index is 709. The summed E-state index contributed by atoms with van der Waals surface area (Å²) in [7, 11) is 1.69. The molecule has 0 aliphatic rings. The molecule has 0 bridgehead atoms. The van der Waals surface area contributed by atoms with Gasteiger partial charge in [-0.1, -0.05) is 30.0 Å². The van der Waals surface area contributed by atoms with Gasteiger partial charge in [-0.2, -0.15) is 0 Å². The Morgan fingerprint density at radius 3 is 2.63 bits per heavy atom. The highest BCUT2D eigenvalue weighted by atomic mass is 79.9. The van der Waals surface area contributed by atoms with Gasteiger partial charge >= 0.3 is 0 Å². The molecule has 96 valence electrons. The van der Waals surface area contributed by atoms with Crippen molar-refractivity contribution in [1.29, 1.82) is 0 Å². The molecule has 19 heavy (non-hydrogen) atoms. The maximum Gasteiger partial charge on any atom is 0.119 e. The SMILES string of the molecule is COc1ccc2[nH]c(Br)c(Sc3ccccc3)c2c1. The second-order valence-corrected chi connectivity index (χ2v) is 5.97. The number of nitrogens with one attached hydrogen (secondary N) is 1. The van der Waals surface area contributed by atoms with Crippen LogP contribution in [0, 0.1) is 0 Å². The molecule has 3 rings (SSSR count). The van der Waals surface area contributed by atoms with Crippen LogP contribution in [0.4, 0.5) is 0 Å². The molecule has 4 heteroatoms. The van der Waals surface area contributed by atoms with E-state index in [-0.39, 0.29) is 0 Å². The molecule has 1 aromatic heterocycles. The van der Waals surface area contributed by atoms with E-state index in [0.29, 0.717) is 0 Å². The molecular weight excluding hydrogens is 322 g/mol. The summed E-state index contributed by atoms with van der Waals surface area (Å²) in [5, 5.41) is 1.17. The largest absolute Gasteiger partial charge is 0.497 e. The Labute approximate surface area is 124 Å². The average Bonchev–Trinajstić information content (AvgIpc) is 2.76. The first-order chi connectivity index (χ1) is 9.28. The van der Waals surface area contributed by atoms with Gasteiger partial charge in [-0.25, -0.2) is 0 Å². The summed E-state index contributed by atoms with van der Waals surface area (Å²) in [6.07, 6.45) is 0. The molecule has 0 aliphatic heterocycles. The van der Waals surface area contributed by atoms with E-state index in [2.05, 4.69) is 39.1 Å². The molecule has 0 radical (unpaired) electrons. The highest BCUT2D eigenvalue weighted by Crippen LogP contribution is 2.40. The Hall–Kier alpha value is -1.39. The van der Waals surface area contributed by atoms with Crippen molar-refractivity contribution in [3.63, 3.8) is 0 Å². The van der Waals surface area contributed by atoms with Crippen LogP contribution in [0.15, 0.2) is 62.9 Å². The quantitative estimate of drug-likeness (QED) is 0.722. The van der Waals surface area contributed by atoms with Gasteiger partial charge in [-0.05, 0) is 46.3 Å². The first-order valence-corrected chi connectivity index (χ1v) is 7.47. The highest BCUT2D eigenvalue weighted by molar-refractivity contribution is 9.10. The third-order valence-electron chi connectivity index (χ3n) is 2.88. The number of H-pyrrole nitrogens is 1. The summed E-state index contributed by atoms with van der Waals surface area (Å²) < 4.78 is 6.30. The smallest absolute Gasteiger partial charge is 0.119 e. The van der Waals surface area contributed by atoms with E-state index in [1.807, 2.05) is 30.3 Å². The van der Waals surface area contributed by atoms with Crippen molar-refractivity contribution < 1.29 is 4.74 Å². The number of hydrogen-bond acceptors (Lipinski definition) is 2. The molecule has 0 saturated heterocycles. The lowest BCUT2D eigenvalue weighted by Gasteiger charge is -2.02. The lowest BCUT2D eigenvalue weighted by Crippen LogP contribution is -1.81. The molecule has 0 unspecified atom stereocenters. The fourth-order valence-corrected chi connectivity index (χ4v) is 3.56. The number of rotatable bonds is 3. The molecule has 0 saturated carbocycles. The number of benzene rings is 2. The van der Waals surface area contributed by atoms with Crippen LogP contribution in [0.1, 0.15) is 0 Å². The van der Waals surface area contributed by atoms with Gasteiger partial charge in [0.2, 0.25) is 0 Å². The van der Waals surface area contributed by atoms with Crippen LogP contribution in [-0.4, -0.2) is 12.1 Å². The van der Waals surface area contributed by atoms with Crippen LogP contribution in [0.25, 0.3) is 10.9 Å². The van der Waals surface area contributed by atoms with E-state index in [1.165, 1.54) is 15.2 Å². The fraction of sp³-hybridized carbons (Fsp3) is 0.0667. The van der Waals surface area contributed by atoms with E-state index in [0.717, 1.165) is 15.9 Å². The maximum absolute atomic E-state index is 5.30. The minimum absolute atomic E-state index is 0.869. The van der Waals surface area contributed by atoms with Crippen molar-refractivity contribution in [2.75, 3.05) is 7.11 Å². The molecule has 0 fully saturated rings. The second kappa shape index (κ2) is 5.31. The van der Waals surface area contributed by atoms with Crippen LogP contribution in [0.3, 0.4) is 0 Å². The third kappa shape index (κ3) is 2.51. The number of methoxy groups -OCH3 is 1. The lowest BCUT2D eigenvalue weighted by molar-refractivity contribution is 0.415. The van der Waals surface area contributed by atoms with Crippen LogP contribution >= 0.6 is 27.7 Å². The summed E-state index contributed by atoms with van der Waals surface area (Å²) in [4.78, 5) is 5.73. The van der Waals surface area contributed by atoms with E-state index in [9.17, 15) is 0 Å². The van der Waals surface area contributed by atoms with Crippen LogP contribution < -0.4 is 4.74 Å². The van der Waals surface area contributed by atoms with Gasteiger partial charge in [0, 0.05) is 15.8 Å². The predicted octanol–water partition coefficient (Wildman–Crippen LogP) is 5.09. The van der Waals surface area contributed by atoms with Crippen molar-refractivity contribution >= 4 is 38.6 Å². The fourth-order valence-electron chi connectivity index (χ4n) is 1.95. The van der Waals surface area contributed by atoms with Crippen LogP contribution in [-0.2, 0) is 0 Å². The van der Waals surface area contributed by atoms with Crippen molar-refractivity contribution in [3.8, 4) is 5.75 Å². The number of aromatic nitrogens is 1. The maximum atomic E-state index is 5.30. The first-order valence-electron chi connectivity index (χ1n) is 5.86. The first kappa shape index (κ1) is 12.6.